The van der Waals surface area contributed by atoms with Crippen molar-refractivity contribution >= 4 is 33.6 Å². The van der Waals surface area contributed by atoms with Gasteiger partial charge in [-0.05, 0) is 43.0 Å². The van der Waals surface area contributed by atoms with Gasteiger partial charge in [0, 0.05) is 5.69 Å². The maximum absolute atomic E-state index is 12.8. The molecule has 4 N–H and O–H groups in total. The van der Waals surface area contributed by atoms with Crippen molar-refractivity contribution in [2.45, 2.75) is 43.0 Å². The van der Waals surface area contributed by atoms with Crippen LogP contribution >= 0.6 is 0 Å². The number of rotatable bonds is 4. The number of anilines is 1. The predicted molar refractivity (Wildman–Crippen MR) is 97.1 cm³/mol. The Hall–Kier alpha value is -2.46. The first kappa shape index (κ1) is 19.3. The molecule has 1 saturated carbocycles. The summed E-state index contributed by atoms with van der Waals surface area (Å²) in [5.41, 5.74) is -0.563. The van der Waals surface area contributed by atoms with Gasteiger partial charge in [0.1, 0.15) is 12.1 Å². The lowest BCUT2D eigenvalue weighted by molar-refractivity contribution is -0.135. The van der Waals surface area contributed by atoms with E-state index in [1.54, 1.807) is 0 Å². The van der Waals surface area contributed by atoms with E-state index in [4.69, 9.17) is 5.14 Å². The first-order valence-electron chi connectivity index (χ1n) is 8.67. The molecule has 4 amide bonds. The number of urea groups is 1. The lowest BCUT2D eigenvalue weighted by Gasteiger charge is -2.34. The minimum atomic E-state index is -3.82. The Kier molecular flexibility index (Phi) is 4.96. The second-order valence-corrected chi connectivity index (χ2v) is 8.78. The molecule has 1 spiro atoms. The average molecular weight is 394 g/mol. The quantitative estimate of drug-likeness (QED) is 0.648. The number of carbonyl (C=O) groups is 3. The van der Waals surface area contributed by atoms with Gasteiger partial charge in [0.25, 0.3) is 5.91 Å². The molecule has 0 radical (unpaired) electrons. The van der Waals surface area contributed by atoms with Crippen molar-refractivity contribution in [3.63, 3.8) is 0 Å². The summed E-state index contributed by atoms with van der Waals surface area (Å²) in [5.74, 6) is -0.587. The SMILES string of the molecule is CC1CCCC2(C1)NC(=O)N(CC(=O)Nc1ccc(S(N)(=O)=O)cc1)C2=O. The second kappa shape index (κ2) is 6.93. The molecule has 27 heavy (non-hydrogen) atoms. The van der Waals surface area contributed by atoms with Crippen molar-refractivity contribution in [3.8, 4) is 0 Å². The van der Waals surface area contributed by atoms with Crippen LogP contribution in [0.2, 0.25) is 0 Å². The Labute approximate surface area is 157 Å². The summed E-state index contributed by atoms with van der Waals surface area (Å²) in [7, 11) is -3.82. The Balaban J connectivity index is 1.65. The summed E-state index contributed by atoms with van der Waals surface area (Å²) in [6, 6.07) is 4.73. The first-order chi connectivity index (χ1) is 12.6. The molecule has 10 heteroatoms. The Morgan fingerprint density at radius 3 is 2.59 bits per heavy atom. The maximum atomic E-state index is 12.8. The smallest absolute Gasteiger partial charge is 0.325 e. The van der Waals surface area contributed by atoms with Crippen molar-refractivity contribution in [3.05, 3.63) is 24.3 Å². The number of benzene rings is 1. The lowest BCUT2D eigenvalue weighted by atomic mass is 9.76. The van der Waals surface area contributed by atoms with E-state index in [0.29, 0.717) is 24.4 Å². The fraction of sp³-hybridized carbons (Fsp3) is 0.471. The van der Waals surface area contributed by atoms with Crippen LogP contribution in [0.5, 0.6) is 0 Å². The molecule has 0 aromatic heterocycles. The van der Waals surface area contributed by atoms with Gasteiger partial charge in [0.2, 0.25) is 15.9 Å². The zero-order chi connectivity index (χ0) is 19.8. The number of carbonyl (C=O) groups excluding carboxylic acids is 3. The summed E-state index contributed by atoms with van der Waals surface area (Å²) in [4.78, 5) is 38.1. The number of nitrogens with one attached hydrogen (secondary N) is 2. The van der Waals surface area contributed by atoms with E-state index in [1.165, 1.54) is 24.3 Å². The van der Waals surface area contributed by atoms with E-state index in [2.05, 4.69) is 10.6 Å². The standard InChI is InChI=1S/C17H22N4O5S/c1-11-3-2-8-17(9-11)15(23)21(16(24)20-17)10-14(22)19-12-4-6-13(7-5-12)27(18,25)26/h4-7,11H,2-3,8-10H2,1H3,(H,19,22)(H,20,24)(H2,18,25,26). The number of primary sulfonamides is 1. The van der Waals surface area contributed by atoms with E-state index in [1.807, 2.05) is 6.92 Å². The number of amides is 4. The largest absolute Gasteiger partial charge is 0.325 e. The van der Waals surface area contributed by atoms with Crippen LogP contribution in [-0.2, 0) is 19.6 Å². The molecular weight excluding hydrogens is 372 g/mol. The number of nitrogens with two attached hydrogens (primary N) is 1. The van der Waals surface area contributed by atoms with Crippen molar-refractivity contribution in [2.75, 3.05) is 11.9 Å². The summed E-state index contributed by atoms with van der Waals surface area (Å²) in [6.45, 7) is 1.64. The van der Waals surface area contributed by atoms with E-state index in [9.17, 15) is 22.8 Å². The molecule has 1 heterocycles. The van der Waals surface area contributed by atoms with Gasteiger partial charge in [-0.25, -0.2) is 18.4 Å². The summed E-state index contributed by atoms with van der Waals surface area (Å²) < 4.78 is 22.5. The number of imide groups is 1. The van der Waals surface area contributed by atoms with Crippen LogP contribution in [0.3, 0.4) is 0 Å². The number of hydrogen-bond acceptors (Lipinski definition) is 5. The molecule has 1 saturated heterocycles. The van der Waals surface area contributed by atoms with Crippen LogP contribution in [0.1, 0.15) is 32.6 Å². The van der Waals surface area contributed by atoms with Gasteiger partial charge in [-0.2, -0.15) is 0 Å². The third-order valence-electron chi connectivity index (χ3n) is 5.01. The topological polar surface area (TPSA) is 139 Å². The normalized spacial score (nSPS) is 25.6. The Morgan fingerprint density at radius 1 is 1.33 bits per heavy atom. The second-order valence-electron chi connectivity index (χ2n) is 7.22. The monoisotopic (exact) mass is 394 g/mol. The highest BCUT2D eigenvalue weighted by molar-refractivity contribution is 7.89. The maximum Gasteiger partial charge on any atom is 0.325 e. The van der Waals surface area contributed by atoms with Crippen molar-refractivity contribution in [1.29, 1.82) is 0 Å². The molecule has 0 bridgehead atoms. The van der Waals surface area contributed by atoms with Gasteiger partial charge in [-0.1, -0.05) is 19.8 Å². The molecule has 1 aromatic rings. The lowest BCUT2D eigenvalue weighted by Crippen LogP contribution is -2.50. The van der Waals surface area contributed by atoms with Gasteiger partial charge in [0.15, 0.2) is 0 Å². The van der Waals surface area contributed by atoms with Gasteiger partial charge in [0.05, 0.1) is 4.90 Å². The van der Waals surface area contributed by atoms with Gasteiger partial charge >= 0.3 is 6.03 Å². The van der Waals surface area contributed by atoms with Crippen LogP contribution < -0.4 is 15.8 Å². The third-order valence-corrected chi connectivity index (χ3v) is 5.94. The van der Waals surface area contributed by atoms with E-state index < -0.39 is 34.0 Å². The molecule has 1 aliphatic heterocycles. The van der Waals surface area contributed by atoms with Crippen molar-refractivity contribution in [1.82, 2.24) is 10.2 Å². The molecule has 9 nitrogen and oxygen atoms in total. The van der Waals surface area contributed by atoms with Crippen molar-refractivity contribution < 1.29 is 22.8 Å². The highest BCUT2D eigenvalue weighted by Gasteiger charge is 2.52. The predicted octanol–water partition coefficient (Wildman–Crippen LogP) is 0.773. The molecule has 3 rings (SSSR count). The van der Waals surface area contributed by atoms with Crippen LogP contribution in [0.25, 0.3) is 0 Å². The molecule has 1 aromatic carbocycles. The van der Waals surface area contributed by atoms with E-state index >= 15 is 0 Å². The van der Waals surface area contributed by atoms with Crippen molar-refractivity contribution in [2.24, 2.45) is 11.1 Å². The summed E-state index contributed by atoms with van der Waals surface area (Å²) in [5, 5.41) is 10.3. The van der Waals surface area contributed by atoms with Crippen LogP contribution in [0, 0.1) is 5.92 Å². The van der Waals surface area contributed by atoms with Gasteiger partial charge < -0.3 is 10.6 Å². The fourth-order valence-electron chi connectivity index (χ4n) is 3.75. The minimum Gasteiger partial charge on any atom is -0.325 e. The molecule has 2 aliphatic rings. The Bertz CT molecular complexity index is 883. The minimum absolute atomic E-state index is 0.0806. The van der Waals surface area contributed by atoms with Gasteiger partial charge in [-0.15, -0.1) is 0 Å². The molecule has 2 unspecified atom stereocenters. The molecule has 146 valence electrons. The fourth-order valence-corrected chi connectivity index (χ4v) is 4.27. The van der Waals surface area contributed by atoms with Crippen LogP contribution in [0.15, 0.2) is 29.2 Å². The molecule has 1 aliphatic carbocycles. The van der Waals surface area contributed by atoms with Crippen LogP contribution in [0.4, 0.5) is 10.5 Å². The Morgan fingerprint density at radius 2 is 2.00 bits per heavy atom. The van der Waals surface area contributed by atoms with Gasteiger partial charge in [-0.3, -0.25) is 14.5 Å². The zero-order valence-electron chi connectivity index (χ0n) is 14.9. The first-order valence-corrected chi connectivity index (χ1v) is 10.2. The number of nitrogens with zero attached hydrogens (tertiary/aromatic N) is 1. The molecule has 2 fully saturated rings. The highest BCUT2D eigenvalue weighted by Crippen LogP contribution is 2.36. The molecule has 2 atom stereocenters. The summed E-state index contributed by atoms with van der Waals surface area (Å²) >= 11 is 0. The number of sulfonamides is 1. The average Bonchev–Trinajstić information content (AvgIpc) is 2.78. The number of hydrogen-bond donors (Lipinski definition) is 3. The highest BCUT2D eigenvalue weighted by atomic mass is 32.2. The summed E-state index contributed by atoms with van der Waals surface area (Å²) in [6.07, 6.45) is 3.02. The third kappa shape index (κ3) is 3.96. The molecular formula is C17H22N4O5S. The zero-order valence-corrected chi connectivity index (χ0v) is 15.7. The van der Waals surface area contributed by atoms with E-state index in [0.717, 1.165) is 17.7 Å². The van der Waals surface area contributed by atoms with Crippen LogP contribution in [-0.4, -0.2) is 43.2 Å². The van der Waals surface area contributed by atoms with E-state index in [-0.39, 0.29) is 10.8 Å².